The number of para-hydroxylation sites is 1. The number of fused-ring (bicyclic) bond motifs is 2. The first-order valence-electron chi connectivity index (χ1n) is 7.39. The molecule has 0 atom stereocenters. The fourth-order valence-corrected chi connectivity index (χ4v) is 4.93. The summed E-state index contributed by atoms with van der Waals surface area (Å²) >= 11 is 4.62. The van der Waals surface area contributed by atoms with Crippen LogP contribution in [0.5, 0.6) is 0 Å². The molecule has 0 amide bonds. The number of hydrogen-bond donors (Lipinski definition) is 0. The van der Waals surface area contributed by atoms with Crippen LogP contribution < -0.4 is 0 Å². The molecule has 0 saturated heterocycles. The highest BCUT2D eigenvalue weighted by atomic mass is 32.2. The Labute approximate surface area is 153 Å². The number of furan rings is 1. The molecule has 0 N–H and O–H groups in total. The van der Waals surface area contributed by atoms with Crippen molar-refractivity contribution < 1.29 is 4.42 Å². The Hall–Kier alpha value is -2.30. The van der Waals surface area contributed by atoms with E-state index in [2.05, 4.69) is 25.5 Å². The molecule has 0 aliphatic carbocycles. The second-order valence-electron chi connectivity index (χ2n) is 5.24. The molecule has 0 bridgehead atoms. The topological polar surface area (TPSA) is 82.0 Å². The predicted molar refractivity (Wildman–Crippen MR) is 98.1 cm³/mol. The largest absolute Gasteiger partial charge is 0.453 e. The third-order valence-corrected chi connectivity index (χ3v) is 6.41. The lowest BCUT2D eigenvalue weighted by Crippen LogP contribution is -1.93. The third kappa shape index (κ3) is 2.71. The number of aryl methyl sites for hydroxylation is 1. The zero-order chi connectivity index (χ0) is 16.8. The maximum absolute atomic E-state index is 5.89. The number of aromatic nitrogens is 6. The molecular formula is C15H10N6OS3. The van der Waals surface area contributed by atoms with E-state index >= 15 is 0 Å². The predicted octanol–water partition coefficient (Wildman–Crippen LogP) is 4.05. The average Bonchev–Trinajstić information content (AvgIpc) is 3.36. The molecule has 0 aliphatic rings. The van der Waals surface area contributed by atoms with Gasteiger partial charge in [-0.3, -0.25) is 0 Å². The van der Waals surface area contributed by atoms with Crippen molar-refractivity contribution in [2.45, 2.75) is 17.0 Å². The van der Waals surface area contributed by atoms with E-state index in [4.69, 9.17) is 4.42 Å². The first kappa shape index (κ1) is 15.0. The lowest BCUT2D eigenvalue weighted by molar-refractivity contribution is 0.629. The number of benzene rings is 1. The SMILES string of the molecule is Cc1nnc(SCc2nnc3sc(-c4cc5ccccc5o4)nn23)s1. The Morgan fingerprint density at radius 1 is 1.12 bits per heavy atom. The van der Waals surface area contributed by atoms with Crippen LogP contribution in [0.1, 0.15) is 10.8 Å². The van der Waals surface area contributed by atoms with Gasteiger partial charge in [-0.2, -0.15) is 4.52 Å². The average molecular weight is 386 g/mol. The Morgan fingerprint density at radius 3 is 2.88 bits per heavy atom. The number of rotatable bonds is 4. The van der Waals surface area contributed by atoms with Crippen molar-refractivity contribution in [3.05, 3.63) is 41.2 Å². The zero-order valence-electron chi connectivity index (χ0n) is 12.9. The van der Waals surface area contributed by atoms with E-state index in [9.17, 15) is 0 Å². The molecule has 0 radical (unpaired) electrons. The first-order valence-corrected chi connectivity index (χ1v) is 10.0. The van der Waals surface area contributed by atoms with Crippen LogP contribution in [0.15, 0.2) is 39.1 Å². The van der Waals surface area contributed by atoms with Gasteiger partial charge in [-0.15, -0.1) is 25.5 Å². The monoisotopic (exact) mass is 386 g/mol. The smallest absolute Gasteiger partial charge is 0.235 e. The van der Waals surface area contributed by atoms with Crippen molar-refractivity contribution in [3.8, 4) is 10.8 Å². The highest BCUT2D eigenvalue weighted by Gasteiger charge is 2.16. The van der Waals surface area contributed by atoms with E-state index in [1.807, 2.05) is 37.3 Å². The molecule has 7 nitrogen and oxygen atoms in total. The van der Waals surface area contributed by atoms with E-state index in [1.165, 1.54) is 11.3 Å². The van der Waals surface area contributed by atoms with Gasteiger partial charge in [-0.05, 0) is 19.1 Å². The molecule has 1 aromatic carbocycles. The maximum atomic E-state index is 5.89. The summed E-state index contributed by atoms with van der Waals surface area (Å²) in [6, 6.07) is 9.92. The summed E-state index contributed by atoms with van der Waals surface area (Å²) in [4.78, 5) is 0.750. The molecule has 4 aromatic heterocycles. The summed E-state index contributed by atoms with van der Waals surface area (Å²) in [5, 5.41) is 24.0. The van der Waals surface area contributed by atoms with Gasteiger partial charge >= 0.3 is 0 Å². The summed E-state index contributed by atoms with van der Waals surface area (Å²) in [5.74, 6) is 2.17. The summed E-state index contributed by atoms with van der Waals surface area (Å²) in [5.41, 5.74) is 0.853. The molecule has 0 spiro atoms. The van der Waals surface area contributed by atoms with Crippen LogP contribution in [0.3, 0.4) is 0 Å². The van der Waals surface area contributed by atoms with Gasteiger partial charge in [0.2, 0.25) is 4.96 Å². The zero-order valence-corrected chi connectivity index (χ0v) is 15.4. The lowest BCUT2D eigenvalue weighted by Gasteiger charge is -1.93. The number of thioether (sulfide) groups is 1. The van der Waals surface area contributed by atoms with E-state index in [0.717, 1.165) is 41.9 Å². The molecule has 5 rings (SSSR count). The summed E-state index contributed by atoms with van der Waals surface area (Å²) < 4.78 is 8.58. The minimum absolute atomic E-state index is 0.638. The lowest BCUT2D eigenvalue weighted by atomic mass is 10.2. The molecule has 4 heterocycles. The van der Waals surface area contributed by atoms with E-state index < -0.39 is 0 Å². The minimum Gasteiger partial charge on any atom is -0.453 e. The second-order valence-corrected chi connectivity index (χ2v) is 8.60. The molecule has 10 heteroatoms. The van der Waals surface area contributed by atoms with Crippen LogP contribution in [-0.2, 0) is 5.75 Å². The first-order chi connectivity index (χ1) is 12.3. The van der Waals surface area contributed by atoms with Crippen LogP contribution in [0.4, 0.5) is 0 Å². The maximum Gasteiger partial charge on any atom is 0.235 e. The van der Waals surface area contributed by atoms with Gasteiger partial charge < -0.3 is 4.42 Å². The second kappa shape index (κ2) is 5.90. The van der Waals surface area contributed by atoms with Gasteiger partial charge in [0.05, 0.1) is 5.75 Å². The molecule has 5 aromatic rings. The molecule has 0 fully saturated rings. The van der Waals surface area contributed by atoms with Gasteiger partial charge in [0.15, 0.2) is 20.9 Å². The van der Waals surface area contributed by atoms with Gasteiger partial charge in [0.1, 0.15) is 10.6 Å². The van der Waals surface area contributed by atoms with Gasteiger partial charge in [0, 0.05) is 5.39 Å². The molecule has 0 saturated carbocycles. The number of nitrogens with zero attached hydrogens (tertiary/aromatic N) is 6. The highest BCUT2D eigenvalue weighted by Crippen LogP contribution is 2.32. The molecule has 0 unspecified atom stereocenters. The molecule has 25 heavy (non-hydrogen) atoms. The van der Waals surface area contributed by atoms with Crippen LogP contribution in [0, 0.1) is 6.92 Å². The highest BCUT2D eigenvalue weighted by molar-refractivity contribution is 8.00. The third-order valence-electron chi connectivity index (χ3n) is 3.52. The number of hydrogen-bond acceptors (Lipinski definition) is 9. The van der Waals surface area contributed by atoms with Gasteiger partial charge in [0.25, 0.3) is 0 Å². The van der Waals surface area contributed by atoms with E-state index in [0.29, 0.717) is 5.75 Å². The van der Waals surface area contributed by atoms with Crippen LogP contribution in [-0.4, -0.2) is 30.0 Å². The van der Waals surface area contributed by atoms with Crippen molar-refractivity contribution in [1.29, 1.82) is 0 Å². The van der Waals surface area contributed by atoms with Crippen molar-refractivity contribution in [2.75, 3.05) is 0 Å². The van der Waals surface area contributed by atoms with E-state index in [1.54, 1.807) is 27.6 Å². The minimum atomic E-state index is 0.638. The van der Waals surface area contributed by atoms with Crippen molar-refractivity contribution in [2.24, 2.45) is 0 Å². The Morgan fingerprint density at radius 2 is 2.04 bits per heavy atom. The van der Waals surface area contributed by atoms with Crippen molar-refractivity contribution in [1.82, 2.24) is 30.0 Å². The van der Waals surface area contributed by atoms with Crippen LogP contribution >= 0.6 is 34.4 Å². The normalized spacial score (nSPS) is 11.7. The summed E-state index contributed by atoms with van der Waals surface area (Å²) in [6.07, 6.45) is 0. The Kier molecular flexibility index (Phi) is 3.54. The quantitative estimate of drug-likeness (QED) is 0.431. The van der Waals surface area contributed by atoms with Gasteiger partial charge in [-0.1, -0.05) is 52.6 Å². The fraction of sp³-hybridized carbons (Fsp3) is 0.133. The van der Waals surface area contributed by atoms with Crippen molar-refractivity contribution >= 4 is 50.4 Å². The molecular weight excluding hydrogens is 376 g/mol. The fourth-order valence-electron chi connectivity index (χ4n) is 2.40. The summed E-state index contributed by atoms with van der Waals surface area (Å²) in [7, 11) is 0. The van der Waals surface area contributed by atoms with Crippen LogP contribution in [0.25, 0.3) is 26.7 Å². The standard InChI is InChI=1S/C15H10N6OS3/c1-8-16-19-15(24-8)23-7-12-17-18-14-21(12)20-13(25-14)11-6-9-4-2-3-5-10(9)22-11/h2-6H,7H2,1H3. The molecule has 124 valence electrons. The summed E-state index contributed by atoms with van der Waals surface area (Å²) in [6.45, 7) is 1.94. The molecule has 0 aliphatic heterocycles. The Bertz CT molecular complexity index is 1150. The Balaban J connectivity index is 1.46. The van der Waals surface area contributed by atoms with Gasteiger partial charge in [-0.25, -0.2) is 0 Å². The van der Waals surface area contributed by atoms with Crippen molar-refractivity contribution in [3.63, 3.8) is 0 Å². The van der Waals surface area contributed by atoms with E-state index in [-0.39, 0.29) is 0 Å². The van der Waals surface area contributed by atoms with Crippen LogP contribution in [0.2, 0.25) is 0 Å².